The number of aryl methyl sites for hydroxylation is 1. The lowest BCUT2D eigenvalue weighted by Crippen LogP contribution is -2.45. The largest absolute Gasteiger partial charge is 0.477 e. The first kappa shape index (κ1) is 21.7. The van der Waals surface area contributed by atoms with E-state index >= 15 is 0 Å². The third kappa shape index (κ3) is 3.61. The molecule has 0 bridgehead atoms. The predicted molar refractivity (Wildman–Crippen MR) is 114 cm³/mol. The third-order valence-electron chi connectivity index (χ3n) is 4.87. The summed E-state index contributed by atoms with van der Waals surface area (Å²) in [6.07, 6.45) is 1.39. The molecule has 1 N–H and O–H groups in total. The van der Waals surface area contributed by atoms with Crippen LogP contribution < -0.4 is 10.3 Å². The number of piperazine rings is 1. The van der Waals surface area contributed by atoms with Crippen LogP contribution in [0.4, 0.5) is 10.1 Å². The van der Waals surface area contributed by atoms with Gasteiger partial charge in [-0.25, -0.2) is 9.18 Å². The molecule has 1 aromatic heterocycles. The Balaban J connectivity index is 0.00000131. The minimum atomic E-state index is -1.28. The molecule has 2 aromatic rings. The molecule has 148 valence electrons. The first-order chi connectivity index (χ1) is 12.0. The Morgan fingerprint density at radius 2 is 1.89 bits per heavy atom. The molecule has 0 unspecified atom stereocenters. The Morgan fingerprint density at radius 3 is 2.52 bits per heavy atom. The average molecular weight is 432 g/mol. The fourth-order valence-electron chi connectivity index (χ4n) is 3.52. The van der Waals surface area contributed by atoms with Crippen LogP contribution in [-0.2, 0) is 6.54 Å². The summed E-state index contributed by atoms with van der Waals surface area (Å²) in [4.78, 5) is 28.8. The zero-order valence-electron chi connectivity index (χ0n) is 14.2. The lowest BCUT2D eigenvalue weighted by Gasteiger charge is -2.36. The van der Waals surface area contributed by atoms with E-state index in [-0.39, 0.29) is 34.3 Å². The summed E-state index contributed by atoms with van der Waals surface area (Å²) in [6.45, 7) is 3.76. The third-order valence-corrected chi connectivity index (χ3v) is 5.93. The lowest BCUT2D eigenvalue weighted by atomic mass is 10.1. The van der Waals surface area contributed by atoms with Crippen LogP contribution in [0.5, 0.6) is 0 Å². The van der Waals surface area contributed by atoms with E-state index in [1.165, 1.54) is 24.0 Å². The second-order valence-electron chi connectivity index (χ2n) is 6.44. The Morgan fingerprint density at radius 1 is 1.22 bits per heavy atom. The number of carboxylic acid groups (broad SMARTS) is 1. The molecule has 1 fully saturated rings. The second-order valence-corrected chi connectivity index (χ2v) is 7.55. The lowest BCUT2D eigenvalue weighted by molar-refractivity contribution is 0.0695. The summed E-state index contributed by atoms with van der Waals surface area (Å²) in [5, 5.41) is 9.41. The van der Waals surface area contributed by atoms with E-state index in [0.717, 1.165) is 31.1 Å². The number of aromatic carboxylic acids is 1. The number of anilines is 1. The highest BCUT2D eigenvalue weighted by molar-refractivity contribution is 7.99. The molecule has 0 amide bonds. The number of rotatable bonds is 2. The van der Waals surface area contributed by atoms with Crippen molar-refractivity contribution in [1.82, 2.24) is 9.47 Å². The molecule has 2 aliphatic rings. The average Bonchev–Trinajstić information content (AvgIpc) is 2.58. The molecule has 0 radical (unpaired) electrons. The monoisotopic (exact) mass is 431 g/mol. The van der Waals surface area contributed by atoms with Gasteiger partial charge in [0.25, 0.3) is 0 Å². The Labute approximate surface area is 170 Å². The first-order valence-electron chi connectivity index (χ1n) is 8.16. The zero-order chi connectivity index (χ0) is 17.7. The SMILES string of the molecule is CN1CCN(c2c(F)cc3c(=O)c(C(=O)O)cn4c3c2SCC4)CC1.Cl.[SiH4]. The van der Waals surface area contributed by atoms with Gasteiger partial charge in [0.1, 0.15) is 11.4 Å². The van der Waals surface area contributed by atoms with Crippen LogP contribution in [0.1, 0.15) is 10.4 Å². The summed E-state index contributed by atoms with van der Waals surface area (Å²) < 4.78 is 16.7. The van der Waals surface area contributed by atoms with E-state index in [0.29, 0.717) is 23.5 Å². The van der Waals surface area contributed by atoms with Gasteiger partial charge in [0.15, 0.2) is 0 Å². The van der Waals surface area contributed by atoms with E-state index in [9.17, 15) is 19.1 Å². The van der Waals surface area contributed by atoms with E-state index < -0.39 is 17.2 Å². The normalized spacial score (nSPS) is 16.6. The van der Waals surface area contributed by atoms with Crippen LogP contribution in [0.2, 0.25) is 0 Å². The fraction of sp³-hybridized carbons (Fsp3) is 0.412. The van der Waals surface area contributed by atoms with Gasteiger partial charge in [-0.2, -0.15) is 0 Å². The Kier molecular flexibility index (Phi) is 6.62. The molecular formula is C17H23ClFN3O3SSi. The number of carboxylic acids is 1. The van der Waals surface area contributed by atoms with Crippen LogP contribution in [0.3, 0.4) is 0 Å². The minimum Gasteiger partial charge on any atom is -0.477 e. The number of thioether (sulfide) groups is 1. The van der Waals surface area contributed by atoms with E-state index in [1.807, 2.05) is 11.9 Å². The highest BCUT2D eigenvalue weighted by Crippen LogP contribution is 2.41. The van der Waals surface area contributed by atoms with Crippen molar-refractivity contribution >= 4 is 57.7 Å². The molecule has 10 heteroatoms. The van der Waals surface area contributed by atoms with Crippen molar-refractivity contribution in [3.05, 3.63) is 33.9 Å². The maximum Gasteiger partial charge on any atom is 0.341 e. The van der Waals surface area contributed by atoms with Crippen LogP contribution in [0.15, 0.2) is 22.0 Å². The molecular weight excluding hydrogens is 409 g/mol. The van der Waals surface area contributed by atoms with E-state index in [4.69, 9.17) is 0 Å². The van der Waals surface area contributed by atoms with Crippen LogP contribution in [0, 0.1) is 5.82 Å². The number of aromatic nitrogens is 1. The van der Waals surface area contributed by atoms with Crippen molar-refractivity contribution in [2.24, 2.45) is 0 Å². The maximum absolute atomic E-state index is 15.0. The number of halogens is 2. The van der Waals surface area contributed by atoms with Crippen molar-refractivity contribution < 1.29 is 14.3 Å². The number of carbonyl (C=O) groups is 1. The molecule has 1 saturated heterocycles. The highest BCUT2D eigenvalue weighted by atomic mass is 35.5. The van der Waals surface area contributed by atoms with Crippen LogP contribution >= 0.6 is 24.2 Å². The number of hydrogen-bond donors (Lipinski definition) is 1. The number of benzene rings is 1. The molecule has 27 heavy (non-hydrogen) atoms. The maximum atomic E-state index is 15.0. The van der Waals surface area contributed by atoms with Gasteiger partial charge >= 0.3 is 5.97 Å². The molecule has 0 aliphatic carbocycles. The smallest absolute Gasteiger partial charge is 0.341 e. The Hall–Kier alpha value is -1.55. The quantitative estimate of drug-likeness (QED) is 0.705. The van der Waals surface area contributed by atoms with Gasteiger partial charge in [-0.1, -0.05) is 0 Å². The highest BCUT2D eigenvalue weighted by Gasteiger charge is 2.28. The number of likely N-dealkylation sites (N-methyl/N-ethyl adjacent to an activating group) is 1. The van der Waals surface area contributed by atoms with Gasteiger partial charge in [0, 0.05) is 44.7 Å². The topological polar surface area (TPSA) is 65.8 Å². The predicted octanol–water partition coefficient (Wildman–Crippen LogP) is 0.666. The molecule has 0 atom stereocenters. The summed E-state index contributed by atoms with van der Waals surface area (Å²) in [5.41, 5.74) is 0.270. The molecule has 3 heterocycles. The van der Waals surface area contributed by atoms with Crippen molar-refractivity contribution in [1.29, 1.82) is 0 Å². The Bertz CT molecular complexity index is 947. The summed E-state index contributed by atoms with van der Waals surface area (Å²) in [7, 11) is 2.04. The van der Waals surface area contributed by atoms with Crippen LogP contribution in [-0.4, -0.2) is 70.5 Å². The molecule has 2 aliphatic heterocycles. The second kappa shape index (κ2) is 8.22. The van der Waals surface area contributed by atoms with Gasteiger partial charge in [0.05, 0.1) is 21.5 Å². The molecule has 0 saturated carbocycles. The molecule has 4 rings (SSSR count). The molecule has 0 spiro atoms. The molecule has 1 aromatic carbocycles. The number of nitrogens with zero attached hydrogens (tertiary/aromatic N) is 3. The van der Waals surface area contributed by atoms with E-state index in [1.54, 1.807) is 4.57 Å². The van der Waals surface area contributed by atoms with E-state index in [2.05, 4.69) is 4.90 Å². The van der Waals surface area contributed by atoms with Gasteiger partial charge in [-0.15, -0.1) is 24.2 Å². The first-order valence-corrected chi connectivity index (χ1v) is 9.15. The molecule has 6 nitrogen and oxygen atoms in total. The van der Waals surface area contributed by atoms with Gasteiger partial charge in [-0.3, -0.25) is 4.79 Å². The zero-order valence-corrected chi connectivity index (χ0v) is 15.8. The number of pyridine rings is 1. The summed E-state index contributed by atoms with van der Waals surface area (Å²) in [6, 6.07) is 1.21. The summed E-state index contributed by atoms with van der Waals surface area (Å²) in [5.74, 6) is -1.01. The van der Waals surface area contributed by atoms with Crippen molar-refractivity contribution in [3.63, 3.8) is 0 Å². The van der Waals surface area contributed by atoms with Crippen LogP contribution in [0.25, 0.3) is 10.9 Å². The summed E-state index contributed by atoms with van der Waals surface area (Å²) >= 11 is 1.54. The van der Waals surface area contributed by atoms with Gasteiger partial charge in [0.2, 0.25) is 5.43 Å². The minimum absolute atomic E-state index is 0. The van der Waals surface area contributed by atoms with Crippen molar-refractivity contribution in [2.75, 3.05) is 43.9 Å². The standard InChI is InChI=1S/C17H18FN3O3S.ClH.H4Si/c1-19-2-4-20(5-3-19)14-12(18)8-10-13-16(14)25-7-6-21(13)9-11(15(10)22)17(23)24;;/h8-9H,2-7H2,1H3,(H,23,24);1H;1H4. The number of hydrogen-bond acceptors (Lipinski definition) is 5. The fourth-order valence-corrected chi connectivity index (χ4v) is 4.74. The van der Waals surface area contributed by atoms with Gasteiger partial charge in [-0.05, 0) is 24.1 Å². The van der Waals surface area contributed by atoms with Gasteiger partial charge < -0.3 is 19.5 Å². The van der Waals surface area contributed by atoms with Crippen molar-refractivity contribution in [3.8, 4) is 0 Å². The van der Waals surface area contributed by atoms with Crippen molar-refractivity contribution in [2.45, 2.75) is 11.4 Å².